The molecular formula is C27H46N8O5. The molecule has 4 amide bonds. The summed E-state index contributed by atoms with van der Waals surface area (Å²) in [4.78, 5) is 53.1. The number of hydrogen-bond acceptors (Lipinski definition) is 6. The smallest absolute Gasteiger partial charge is 0.243 e. The third-order valence-electron chi connectivity index (χ3n) is 4.85. The van der Waals surface area contributed by atoms with Crippen LogP contribution in [0.25, 0.3) is 10.9 Å². The number of hydrogen-bond donors (Lipinski definition) is 8. The molecule has 40 heavy (non-hydrogen) atoms. The minimum Gasteiger partial charge on any atom is -0.508 e. The average Bonchev–Trinajstić information content (AvgIpc) is 3.22. The number of aliphatic imine (C=N–C) groups is 1. The number of nitrogens with one attached hydrogen (secondary N) is 4. The van der Waals surface area contributed by atoms with Crippen LogP contribution in [0.1, 0.15) is 53.0 Å². The molecule has 2 aromatic rings. The first kappa shape index (κ1) is 35.7. The third-order valence-corrected chi connectivity index (χ3v) is 4.85. The number of carbonyl (C=O) groups excluding carboxylic acids is 4. The van der Waals surface area contributed by atoms with Gasteiger partial charge in [0, 0.05) is 29.6 Å². The van der Waals surface area contributed by atoms with Crippen LogP contribution in [-0.4, -0.2) is 65.4 Å². The second kappa shape index (κ2) is 18.9. The van der Waals surface area contributed by atoms with Crippen molar-refractivity contribution in [3.8, 4) is 5.75 Å². The summed E-state index contributed by atoms with van der Waals surface area (Å²) in [5.41, 5.74) is 17.6. The van der Waals surface area contributed by atoms with Crippen LogP contribution in [-0.2, 0) is 19.2 Å². The molecule has 13 heteroatoms. The van der Waals surface area contributed by atoms with Crippen molar-refractivity contribution in [3.63, 3.8) is 0 Å². The highest BCUT2D eigenvalue weighted by Gasteiger charge is 2.21. The van der Waals surface area contributed by atoms with Gasteiger partial charge in [-0.05, 0) is 49.4 Å². The van der Waals surface area contributed by atoms with E-state index < -0.39 is 23.8 Å². The van der Waals surface area contributed by atoms with Gasteiger partial charge in [0.25, 0.3) is 0 Å². The van der Waals surface area contributed by atoms with Gasteiger partial charge in [-0.1, -0.05) is 34.6 Å². The van der Waals surface area contributed by atoms with Crippen molar-refractivity contribution in [1.82, 2.24) is 20.9 Å². The van der Waals surface area contributed by atoms with Crippen LogP contribution in [0, 0.1) is 18.8 Å². The summed E-state index contributed by atoms with van der Waals surface area (Å²) in [5.74, 6) is -1.26. The zero-order valence-corrected chi connectivity index (χ0v) is 24.3. The van der Waals surface area contributed by atoms with Gasteiger partial charge in [0.1, 0.15) is 11.8 Å². The number of aromatic amines is 1. The number of phenols is 1. The quantitative estimate of drug-likeness (QED) is 0.111. The number of primary amides is 1. The second-order valence-corrected chi connectivity index (χ2v) is 10.1. The average molecular weight is 563 g/mol. The Hall–Kier alpha value is -4.29. The lowest BCUT2D eigenvalue weighted by Crippen LogP contribution is -2.51. The molecule has 1 unspecified atom stereocenters. The lowest BCUT2D eigenvalue weighted by Gasteiger charge is -2.18. The van der Waals surface area contributed by atoms with E-state index in [1.807, 2.05) is 19.2 Å². The van der Waals surface area contributed by atoms with Crippen molar-refractivity contribution < 1.29 is 24.3 Å². The van der Waals surface area contributed by atoms with Crippen molar-refractivity contribution >= 4 is 40.5 Å². The molecule has 1 atom stereocenters. The molecule has 0 aliphatic carbocycles. The molecule has 0 radical (unpaired) electrons. The van der Waals surface area contributed by atoms with Crippen molar-refractivity contribution in [2.45, 2.75) is 60.4 Å². The fourth-order valence-electron chi connectivity index (χ4n) is 2.93. The maximum Gasteiger partial charge on any atom is 0.243 e. The van der Waals surface area contributed by atoms with Crippen LogP contribution in [0.2, 0.25) is 0 Å². The first-order valence-electron chi connectivity index (χ1n) is 13.1. The van der Waals surface area contributed by atoms with Gasteiger partial charge >= 0.3 is 0 Å². The van der Waals surface area contributed by atoms with Gasteiger partial charge in [-0.3, -0.25) is 24.2 Å². The molecule has 1 aromatic carbocycles. The van der Waals surface area contributed by atoms with Crippen LogP contribution in [0.3, 0.4) is 0 Å². The standard InChI is InChI=1S/C14H27N7O4.C9H9NO.C4H10/c1-8(2)12(24)20-7-11(23)21-9(4-3-5-18-14(16)17)13(25)19-6-10(15)22;1-6-5-10-9-3-2-7(11)4-8(6)9;1-4(2)3/h8-9H,3-7H2,1-2H3,(H2,15,22)(H,19,25)(H,20,24)(H,21,23)(H4,16,17,18);2-5,10-11H,1H3;4H,1-3H3. The summed E-state index contributed by atoms with van der Waals surface area (Å²) < 4.78 is 0. The van der Waals surface area contributed by atoms with Crippen molar-refractivity contribution in [2.24, 2.45) is 34.0 Å². The summed E-state index contributed by atoms with van der Waals surface area (Å²) in [6.45, 7) is 11.6. The molecule has 11 N–H and O–H groups in total. The summed E-state index contributed by atoms with van der Waals surface area (Å²) in [5, 5.41) is 17.5. The number of amides is 4. The fraction of sp³-hybridized carbons (Fsp3) is 0.519. The maximum absolute atomic E-state index is 12.1. The van der Waals surface area contributed by atoms with E-state index >= 15 is 0 Å². The van der Waals surface area contributed by atoms with Crippen molar-refractivity contribution in [1.29, 1.82) is 0 Å². The van der Waals surface area contributed by atoms with E-state index in [0.717, 1.165) is 22.4 Å². The number of guanidine groups is 1. The lowest BCUT2D eigenvalue weighted by molar-refractivity contribution is -0.131. The molecule has 0 spiro atoms. The predicted octanol–water partition coefficient (Wildman–Crippen LogP) is 0.743. The number of benzene rings is 1. The summed E-state index contributed by atoms with van der Waals surface area (Å²) in [6.07, 6.45) is 2.60. The number of aromatic nitrogens is 1. The van der Waals surface area contributed by atoms with Crippen LogP contribution >= 0.6 is 0 Å². The van der Waals surface area contributed by atoms with Crippen LogP contribution in [0.15, 0.2) is 29.4 Å². The van der Waals surface area contributed by atoms with Crippen LogP contribution in [0.5, 0.6) is 5.75 Å². The highest BCUT2D eigenvalue weighted by atomic mass is 16.3. The molecule has 224 valence electrons. The van der Waals surface area contributed by atoms with Crippen molar-refractivity contribution in [2.75, 3.05) is 19.6 Å². The van der Waals surface area contributed by atoms with Gasteiger partial charge in [0.05, 0.1) is 13.1 Å². The van der Waals surface area contributed by atoms with E-state index in [1.54, 1.807) is 26.0 Å². The van der Waals surface area contributed by atoms with E-state index in [4.69, 9.17) is 22.3 Å². The number of fused-ring (bicyclic) bond motifs is 1. The maximum atomic E-state index is 12.1. The number of rotatable bonds is 11. The highest BCUT2D eigenvalue weighted by Crippen LogP contribution is 2.21. The molecule has 1 aromatic heterocycles. The van der Waals surface area contributed by atoms with Gasteiger partial charge in [-0.2, -0.15) is 0 Å². The van der Waals surface area contributed by atoms with E-state index in [0.29, 0.717) is 12.2 Å². The molecule has 0 saturated carbocycles. The topological polar surface area (TPSA) is 231 Å². The van der Waals surface area contributed by atoms with Gasteiger partial charge in [-0.15, -0.1) is 0 Å². The summed E-state index contributed by atoms with van der Waals surface area (Å²) in [7, 11) is 0. The number of H-pyrrole nitrogens is 1. The Labute approximate surface area is 235 Å². The SMILES string of the molecule is CC(C)C.CC(C)C(=O)NCC(=O)NC(CCCN=C(N)N)C(=O)NCC(N)=O.Cc1c[nH]c2ccc(O)cc12. The molecule has 2 rings (SSSR count). The Bertz CT molecular complexity index is 1120. The molecule has 13 nitrogen and oxygen atoms in total. The van der Waals surface area contributed by atoms with Crippen LogP contribution in [0.4, 0.5) is 0 Å². The molecule has 0 aliphatic rings. The monoisotopic (exact) mass is 562 g/mol. The van der Waals surface area contributed by atoms with Gasteiger partial charge in [0.2, 0.25) is 23.6 Å². The highest BCUT2D eigenvalue weighted by molar-refractivity contribution is 5.92. The Morgan fingerprint density at radius 2 is 1.57 bits per heavy atom. The fourth-order valence-corrected chi connectivity index (χ4v) is 2.93. The largest absolute Gasteiger partial charge is 0.508 e. The second-order valence-electron chi connectivity index (χ2n) is 10.1. The first-order chi connectivity index (χ1) is 18.6. The Balaban J connectivity index is 0.000000818. The van der Waals surface area contributed by atoms with Crippen LogP contribution < -0.4 is 33.2 Å². The molecule has 1 heterocycles. The predicted molar refractivity (Wildman–Crippen MR) is 157 cm³/mol. The number of carbonyl (C=O) groups is 4. The number of nitrogens with zero attached hydrogens (tertiary/aromatic N) is 1. The van der Waals surface area contributed by atoms with E-state index in [1.165, 1.54) is 0 Å². The minimum absolute atomic E-state index is 0.0739. The minimum atomic E-state index is -0.906. The first-order valence-corrected chi connectivity index (χ1v) is 13.1. The van der Waals surface area contributed by atoms with E-state index in [9.17, 15) is 19.2 Å². The molecule has 0 fully saturated rings. The summed E-state index contributed by atoms with van der Waals surface area (Å²) >= 11 is 0. The number of aromatic hydroxyl groups is 1. The zero-order chi connectivity index (χ0) is 30.8. The molecule has 0 aliphatic heterocycles. The number of nitrogens with two attached hydrogens (primary N) is 3. The molecule has 0 bridgehead atoms. The Morgan fingerprint density at radius 3 is 2.12 bits per heavy atom. The Kier molecular flexibility index (Phi) is 16.9. The third kappa shape index (κ3) is 16.5. The van der Waals surface area contributed by atoms with E-state index in [2.05, 4.69) is 46.7 Å². The van der Waals surface area contributed by atoms with E-state index in [-0.39, 0.29) is 43.8 Å². The van der Waals surface area contributed by atoms with Crippen molar-refractivity contribution in [3.05, 3.63) is 30.0 Å². The zero-order valence-electron chi connectivity index (χ0n) is 24.3. The molecule has 0 saturated heterocycles. The number of phenolic OH excluding ortho intramolecular Hbond substituents is 1. The van der Waals surface area contributed by atoms with Gasteiger partial charge < -0.3 is 43.2 Å². The lowest BCUT2D eigenvalue weighted by atomic mass is 10.1. The Morgan fingerprint density at radius 1 is 0.975 bits per heavy atom. The number of aryl methyl sites for hydroxylation is 1. The normalized spacial score (nSPS) is 10.9. The molecular weight excluding hydrogens is 516 g/mol. The van der Waals surface area contributed by atoms with Gasteiger partial charge in [0.15, 0.2) is 5.96 Å². The summed E-state index contributed by atoms with van der Waals surface area (Å²) in [6, 6.07) is 4.41. The van der Waals surface area contributed by atoms with Gasteiger partial charge in [-0.25, -0.2) is 0 Å².